The number of benzene rings is 1. The Kier molecular flexibility index (Phi) is 4.24. The molecule has 1 aromatic carbocycles. The lowest BCUT2D eigenvalue weighted by atomic mass is 10.1. The SMILES string of the molecule is CCn1cncc1CNc1cc(Cl)c([N+](=O)[O-])cc1C. The Morgan fingerprint density at radius 3 is 2.90 bits per heavy atom. The van der Waals surface area contributed by atoms with Crippen LogP contribution in [-0.4, -0.2) is 14.5 Å². The Morgan fingerprint density at radius 2 is 2.25 bits per heavy atom. The first kappa shape index (κ1) is 14.3. The minimum atomic E-state index is -0.481. The number of aryl methyl sites for hydroxylation is 2. The van der Waals surface area contributed by atoms with Crippen molar-refractivity contribution in [3.8, 4) is 0 Å². The summed E-state index contributed by atoms with van der Waals surface area (Å²) in [5.74, 6) is 0. The molecular weight excluding hydrogens is 280 g/mol. The molecule has 106 valence electrons. The molecule has 0 fully saturated rings. The fraction of sp³-hybridized carbons (Fsp3) is 0.308. The van der Waals surface area contributed by atoms with Gasteiger partial charge >= 0.3 is 0 Å². The summed E-state index contributed by atoms with van der Waals surface area (Å²) in [7, 11) is 0. The van der Waals surface area contributed by atoms with Crippen molar-refractivity contribution in [3.63, 3.8) is 0 Å². The predicted molar refractivity (Wildman–Crippen MR) is 78.1 cm³/mol. The average molecular weight is 295 g/mol. The van der Waals surface area contributed by atoms with E-state index in [-0.39, 0.29) is 10.7 Å². The van der Waals surface area contributed by atoms with E-state index in [1.165, 1.54) is 6.07 Å². The van der Waals surface area contributed by atoms with E-state index in [4.69, 9.17) is 11.6 Å². The maximum absolute atomic E-state index is 10.8. The molecule has 0 aliphatic heterocycles. The molecule has 0 radical (unpaired) electrons. The Hall–Kier alpha value is -2.08. The third kappa shape index (κ3) is 2.91. The molecule has 2 aromatic rings. The van der Waals surface area contributed by atoms with Crippen LogP contribution in [0.1, 0.15) is 18.2 Å². The van der Waals surface area contributed by atoms with Crippen molar-refractivity contribution >= 4 is 23.0 Å². The zero-order valence-corrected chi connectivity index (χ0v) is 12.0. The van der Waals surface area contributed by atoms with Crippen LogP contribution in [0.2, 0.25) is 5.02 Å². The number of rotatable bonds is 5. The third-order valence-electron chi connectivity index (χ3n) is 3.09. The van der Waals surface area contributed by atoms with E-state index in [1.807, 2.05) is 18.4 Å². The summed E-state index contributed by atoms with van der Waals surface area (Å²) in [5, 5.41) is 14.2. The van der Waals surface area contributed by atoms with Gasteiger partial charge in [0, 0.05) is 24.5 Å². The molecule has 2 rings (SSSR count). The van der Waals surface area contributed by atoms with Crippen LogP contribution in [0.3, 0.4) is 0 Å². The van der Waals surface area contributed by atoms with Gasteiger partial charge in [0.15, 0.2) is 0 Å². The van der Waals surface area contributed by atoms with Gasteiger partial charge in [0.05, 0.1) is 23.5 Å². The highest BCUT2D eigenvalue weighted by Crippen LogP contribution is 2.30. The lowest BCUT2D eigenvalue weighted by Gasteiger charge is -2.11. The second-order valence-corrected chi connectivity index (χ2v) is 4.81. The summed E-state index contributed by atoms with van der Waals surface area (Å²) in [6, 6.07) is 3.06. The lowest BCUT2D eigenvalue weighted by molar-refractivity contribution is -0.384. The molecule has 0 spiro atoms. The van der Waals surface area contributed by atoms with Crippen LogP contribution >= 0.6 is 11.6 Å². The summed E-state index contributed by atoms with van der Waals surface area (Å²) in [6.45, 7) is 5.28. The highest BCUT2D eigenvalue weighted by molar-refractivity contribution is 6.33. The molecule has 0 unspecified atom stereocenters. The summed E-state index contributed by atoms with van der Waals surface area (Å²) in [6.07, 6.45) is 3.56. The molecule has 0 saturated heterocycles. The molecule has 20 heavy (non-hydrogen) atoms. The number of aromatic nitrogens is 2. The Bertz CT molecular complexity index is 639. The van der Waals surface area contributed by atoms with Crippen molar-refractivity contribution in [2.45, 2.75) is 26.9 Å². The van der Waals surface area contributed by atoms with E-state index in [1.54, 1.807) is 18.6 Å². The highest BCUT2D eigenvalue weighted by Gasteiger charge is 2.15. The first-order valence-electron chi connectivity index (χ1n) is 6.20. The molecule has 0 aliphatic carbocycles. The van der Waals surface area contributed by atoms with Crippen LogP contribution in [0.4, 0.5) is 11.4 Å². The number of hydrogen-bond acceptors (Lipinski definition) is 4. The quantitative estimate of drug-likeness (QED) is 0.677. The minimum Gasteiger partial charge on any atom is -0.379 e. The van der Waals surface area contributed by atoms with Crippen molar-refractivity contribution < 1.29 is 4.92 Å². The maximum Gasteiger partial charge on any atom is 0.288 e. The van der Waals surface area contributed by atoms with E-state index in [9.17, 15) is 10.1 Å². The fourth-order valence-corrected chi connectivity index (χ4v) is 2.20. The minimum absolute atomic E-state index is 0.0756. The molecule has 0 bridgehead atoms. The Balaban J connectivity index is 2.18. The van der Waals surface area contributed by atoms with Gasteiger partial charge in [0.25, 0.3) is 5.69 Å². The van der Waals surface area contributed by atoms with Gasteiger partial charge in [-0.1, -0.05) is 11.6 Å². The molecular formula is C13H15ClN4O2. The summed E-state index contributed by atoms with van der Waals surface area (Å²) < 4.78 is 2.02. The summed E-state index contributed by atoms with van der Waals surface area (Å²) >= 11 is 5.92. The van der Waals surface area contributed by atoms with Gasteiger partial charge in [0.2, 0.25) is 0 Å². The molecule has 0 amide bonds. The third-order valence-corrected chi connectivity index (χ3v) is 3.39. The van der Waals surface area contributed by atoms with Crippen LogP contribution in [0.15, 0.2) is 24.7 Å². The van der Waals surface area contributed by atoms with Gasteiger partial charge in [0.1, 0.15) is 5.02 Å². The number of anilines is 1. The van der Waals surface area contributed by atoms with Crippen LogP contribution in [0.5, 0.6) is 0 Å². The standard InChI is InChI=1S/C13H15ClN4O2/c1-3-17-8-15-6-10(17)7-16-12-5-11(14)13(18(19)20)4-9(12)2/h4-6,8,16H,3,7H2,1-2H3. The van der Waals surface area contributed by atoms with Crippen molar-refractivity contribution in [1.82, 2.24) is 9.55 Å². The predicted octanol–water partition coefficient (Wildman–Crippen LogP) is 3.39. The van der Waals surface area contributed by atoms with Crippen LogP contribution in [-0.2, 0) is 13.1 Å². The number of imidazole rings is 1. The first-order chi connectivity index (χ1) is 9.52. The van der Waals surface area contributed by atoms with Crippen molar-refractivity contribution in [3.05, 3.63) is 51.1 Å². The lowest BCUT2D eigenvalue weighted by Crippen LogP contribution is -2.07. The second kappa shape index (κ2) is 5.92. The molecule has 1 heterocycles. The molecule has 6 nitrogen and oxygen atoms in total. The normalized spacial score (nSPS) is 10.6. The van der Waals surface area contributed by atoms with Gasteiger partial charge in [-0.25, -0.2) is 4.98 Å². The van der Waals surface area contributed by atoms with E-state index in [2.05, 4.69) is 10.3 Å². The largest absolute Gasteiger partial charge is 0.379 e. The molecule has 0 atom stereocenters. The number of hydrogen-bond donors (Lipinski definition) is 1. The van der Waals surface area contributed by atoms with Gasteiger partial charge in [-0.05, 0) is 25.5 Å². The molecule has 0 aliphatic rings. The smallest absolute Gasteiger partial charge is 0.288 e. The van der Waals surface area contributed by atoms with Crippen LogP contribution < -0.4 is 5.32 Å². The Morgan fingerprint density at radius 1 is 1.50 bits per heavy atom. The number of nitro benzene ring substituents is 1. The van der Waals surface area contributed by atoms with E-state index in [0.717, 1.165) is 23.5 Å². The molecule has 0 saturated carbocycles. The molecule has 1 aromatic heterocycles. The number of nitrogens with one attached hydrogen (secondary N) is 1. The zero-order valence-electron chi connectivity index (χ0n) is 11.3. The topological polar surface area (TPSA) is 73.0 Å². The van der Waals surface area contributed by atoms with Crippen molar-refractivity contribution in [2.75, 3.05) is 5.32 Å². The zero-order chi connectivity index (χ0) is 14.7. The van der Waals surface area contributed by atoms with Gasteiger partial charge < -0.3 is 9.88 Å². The highest BCUT2D eigenvalue weighted by atomic mass is 35.5. The summed E-state index contributed by atoms with van der Waals surface area (Å²) in [5.41, 5.74) is 2.53. The number of nitro groups is 1. The van der Waals surface area contributed by atoms with E-state index in [0.29, 0.717) is 6.54 Å². The first-order valence-corrected chi connectivity index (χ1v) is 6.58. The number of nitrogens with zero attached hydrogens (tertiary/aromatic N) is 3. The summed E-state index contributed by atoms with van der Waals surface area (Å²) in [4.78, 5) is 14.4. The molecule has 1 N–H and O–H groups in total. The second-order valence-electron chi connectivity index (χ2n) is 4.40. The van der Waals surface area contributed by atoms with Gasteiger partial charge in [-0.2, -0.15) is 0 Å². The maximum atomic E-state index is 10.8. The van der Waals surface area contributed by atoms with Crippen molar-refractivity contribution in [2.24, 2.45) is 0 Å². The average Bonchev–Trinajstić information content (AvgIpc) is 2.86. The van der Waals surface area contributed by atoms with Crippen LogP contribution in [0, 0.1) is 17.0 Å². The van der Waals surface area contributed by atoms with Crippen LogP contribution in [0.25, 0.3) is 0 Å². The Labute approximate surface area is 121 Å². The monoisotopic (exact) mass is 294 g/mol. The van der Waals surface area contributed by atoms with Gasteiger partial charge in [-0.3, -0.25) is 10.1 Å². The van der Waals surface area contributed by atoms with Crippen molar-refractivity contribution in [1.29, 1.82) is 0 Å². The fourth-order valence-electron chi connectivity index (χ4n) is 1.96. The van der Waals surface area contributed by atoms with Gasteiger partial charge in [-0.15, -0.1) is 0 Å². The van der Waals surface area contributed by atoms with E-state index < -0.39 is 4.92 Å². The molecule has 7 heteroatoms. The van der Waals surface area contributed by atoms with E-state index >= 15 is 0 Å². The number of halogens is 1.